The Morgan fingerprint density at radius 1 is 1.16 bits per heavy atom. The summed E-state index contributed by atoms with van der Waals surface area (Å²) in [5.74, 6) is 0.264. The number of hydrogen-bond acceptors (Lipinski definition) is 8. The molecule has 0 aliphatic rings. The summed E-state index contributed by atoms with van der Waals surface area (Å²) in [6.45, 7) is 4.73. The second-order valence-corrected chi connectivity index (χ2v) is 8.42. The first-order valence-corrected chi connectivity index (χ1v) is 11.6. The van der Waals surface area contributed by atoms with Gasteiger partial charge in [-0.3, -0.25) is 14.9 Å². The zero-order valence-corrected chi connectivity index (χ0v) is 18.9. The Morgan fingerprint density at radius 3 is 2.48 bits per heavy atom. The number of nitro benzene ring substituents is 1. The van der Waals surface area contributed by atoms with Crippen LogP contribution in [0.3, 0.4) is 0 Å². The Hall–Kier alpha value is -2.98. The SMILES string of the molecule is CCCOc1cc(NC(=O)Cc2csc(-c3cccs3)n2)c([N+](=O)[O-])cc1OCCC. The third-order valence-electron chi connectivity index (χ3n) is 4.08. The van der Waals surface area contributed by atoms with E-state index in [9.17, 15) is 14.9 Å². The van der Waals surface area contributed by atoms with E-state index >= 15 is 0 Å². The van der Waals surface area contributed by atoms with Gasteiger partial charge in [-0.2, -0.15) is 0 Å². The second-order valence-electron chi connectivity index (χ2n) is 6.62. The first-order valence-electron chi connectivity index (χ1n) is 9.88. The van der Waals surface area contributed by atoms with Crippen molar-refractivity contribution in [2.75, 3.05) is 18.5 Å². The minimum absolute atomic E-state index is 0.0122. The van der Waals surface area contributed by atoms with Crippen molar-refractivity contribution in [1.29, 1.82) is 0 Å². The molecule has 0 bridgehead atoms. The predicted molar refractivity (Wildman–Crippen MR) is 122 cm³/mol. The van der Waals surface area contributed by atoms with Gasteiger partial charge in [0, 0.05) is 11.4 Å². The van der Waals surface area contributed by atoms with Crippen molar-refractivity contribution in [2.45, 2.75) is 33.1 Å². The summed E-state index contributed by atoms with van der Waals surface area (Å²) in [4.78, 5) is 29.2. The van der Waals surface area contributed by atoms with Crippen LogP contribution in [0, 0.1) is 10.1 Å². The fourth-order valence-electron chi connectivity index (χ4n) is 2.71. The topological polar surface area (TPSA) is 104 Å². The van der Waals surface area contributed by atoms with Crippen molar-refractivity contribution in [3.63, 3.8) is 0 Å². The zero-order chi connectivity index (χ0) is 22.2. The smallest absolute Gasteiger partial charge is 0.296 e. The first kappa shape index (κ1) is 22.7. The minimum atomic E-state index is -0.546. The van der Waals surface area contributed by atoms with Gasteiger partial charge in [0.2, 0.25) is 5.91 Å². The molecule has 3 aromatic rings. The summed E-state index contributed by atoms with van der Waals surface area (Å²) in [6, 6.07) is 6.67. The van der Waals surface area contributed by atoms with Gasteiger partial charge >= 0.3 is 0 Å². The maximum absolute atomic E-state index is 12.6. The van der Waals surface area contributed by atoms with Gasteiger partial charge in [-0.1, -0.05) is 19.9 Å². The average Bonchev–Trinajstić information content (AvgIpc) is 3.43. The number of benzene rings is 1. The van der Waals surface area contributed by atoms with E-state index in [0.717, 1.165) is 22.7 Å². The van der Waals surface area contributed by atoms with E-state index < -0.39 is 10.8 Å². The van der Waals surface area contributed by atoms with Crippen molar-refractivity contribution >= 4 is 40.0 Å². The summed E-state index contributed by atoms with van der Waals surface area (Å²) >= 11 is 3.04. The van der Waals surface area contributed by atoms with E-state index in [2.05, 4.69) is 10.3 Å². The molecule has 0 radical (unpaired) electrons. The van der Waals surface area contributed by atoms with E-state index in [0.29, 0.717) is 30.4 Å². The van der Waals surface area contributed by atoms with Gasteiger partial charge in [-0.15, -0.1) is 22.7 Å². The molecule has 0 aliphatic heterocycles. The normalized spacial score (nSPS) is 10.6. The van der Waals surface area contributed by atoms with Crippen molar-refractivity contribution < 1.29 is 19.2 Å². The molecule has 3 rings (SSSR count). The number of ether oxygens (including phenoxy) is 2. The summed E-state index contributed by atoms with van der Waals surface area (Å²) in [7, 11) is 0. The van der Waals surface area contributed by atoms with Gasteiger partial charge in [-0.25, -0.2) is 4.98 Å². The quantitative estimate of drug-likeness (QED) is 0.297. The monoisotopic (exact) mass is 461 g/mol. The molecule has 2 aromatic heterocycles. The molecule has 0 saturated heterocycles. The maximum Gasteiger partial charge on any atom is 0.296 e. The number of nitrogens with zero attached hydrogens (tertiary/aromatic N) is 2. The third-order valence-corrected chi connectivity index (χ3v) is 6.01. The largest absolute Gasteiger partial charge is 0.490 e. The number of aromatic nitrogens is 1. The summed E-state index contributed by atoms with van der Waals surface area (Å²) in [5, 5.41) is 18.9. The number of thiophene rings is 1. The van der Waals surface area contributed by atoms with Gasteiger partial charge in [0.25, 0.3) is 5.69 Å². The van der Waals surface area contributed by atoms with E-state index in [1.165, 1.54) is 23.5 Å². The first-order chi connectivity index (χ1) is 15.0. The number of rotatable bonds is 11. The van der Waals surface area contributed by atoms with Crippen LogP contribution in [0.4, 0.5) is 11.4 Å². The van der Waals surface area contributed by atoms with Crippen LogP contribution < -0.4 is 14.8 Å². The predicted octanol–water partition coefficient (Wildman–Crippen LogP) is 5.54. The van der Waals surface area contributed by atoms with Crippen LogP contribution in [0.2, 0.25) is 0 Å². The van der Waals surface area contributed by atoms with Crippen molar-refractivity contribution in [1.82, 2.24) is 4.98 Å². The fourth-order valence-corrected chi connectivity index (χ4v) is 4.34. The van der Waals surface area contributed by atoms with Crippen LogP contribution >= 0.6 is 22.7 Å². The standard InChI is InChI=1S/C21H23N3O5S2/c1-3-7-28-17-11-15(16(24(26)27)12-18(17)29-8-4-2)23-20(25)10-14-13-31-21(22-14)19-6-5-9-30-19/h5-6,9,11-13H,3-4,7-8,10H2,1-2H3,(H,23,25). The number of amides is 1. The Bertz CT molecular complexity index is 1030. The van der Waals surface area contributed by atoms with Gasteiger partial charge in [-0.05, 0) is 24.3 Å². The second kappa shape index (κ2) is 10.9. The molecule has 0 fully saturated rings. The number of thiazole rings is 1. The lowest BCUT2D eigenvalue weighted by molar-refractivity contribution is -0.384. The molecule has 1 aromatic carbocycles. The van der Waals surface area contributed by atoms with Crippen molar-refractivity contribution in [2.24, 2.45) is 0 Å². The number of carbonyl (C=O) groups is 1. The Kier molecular flexibility index (Phi) is 7.96. The number of nitrogens with one attached hydrogen (secondary N) is 1. The lowest BCUT2D eigenvalue weighted by Gasteiger charge is -2.14. The average molecular weight is 462 g/mol. The summed E-state index contributed by atoms with van der Waals surface area (Å²) in [6.07, 6.45) is 1.53. The molecule has 1 amide bonds. The van der Waals surface area contributed by atoms with Crippen LogP contribution in [0.5, 0.6) is 11.5 Å². The molecule has 0 atom stereocenters. The van der Waals surface area contributed by atoms with Crippen molar-refractivity contribution in [3.8, 4) is 21.4 Å². The molecule has 10 heteroatoms. The highest BCUT2D eigenvalue weighted by atomic mass is 32.1. The molecule has 8 nitrogen and oxygen atoms in total. The molecule has 0 spiro atoms. The maximum atomic E-state index is 12.6. The Labute approximate surface area is 188 Å². The third kappa shape index (κ3) is 6.02. The molecule has 164 valence electrons. The molecule has 2 heterocycles. The summed E-state index contributed by atoms with van der Waals surface area (Å²) < 4.78 is 11.3. The highest BCUT2D eigenvalue weighted by molar-refractivity contribution is 7.20. The van der Waals surface area contributed by atoms with E-state index in [1.54, 1.807) is 11.3 Å². The van der Waals surface area contributed by atoms with Crippen LogP contribution in [-0.4, -0.2) is 29.0 Å². The van der Waals surface area contributed by atoms with Crippen LogP contribution in [0.1, 0.15) is 32.4 Å². The molecule has 0 aliphatic carbocycles. The highest BCUT2D eigenvalue weighted by Crippen LogP contribution is 2.38. The van der Waals surface area contributed by atoms with Gasteiger partial charge < -0.3 is 14.8 Å². The van der Waals surface area contributed by atoms with E-state index in [4.69, 9.17) is 9.47 Å². The molecule has 1 N–H and O–H groups in total. The van der Waals surface area contributed by atoms with Gasteiger partial charge in [0.15, 0.2) is 11.5 Å². The molecule has 0 saturated carbocycles. The lowest BCUT2D eigenvalue weighted by Crippen LogP contribution is -2.16. The van der Waals surface area contributed by atoms with E-state index in [-0.39, 0.29) is 17.8 Å². The zero-order valence-electron chi connectivity index (χ0n) is 17.3. The van der Waals surface area contributed by atoms with Crippen LogP contribution in [0.25, 0.3) is 9.88 Å². The molecular formula is C21H23N3O5S2. The van der Waals surface area contributed by atoms with Gasteiger partial charge in [0.05, 0.1) is 41.2 Å². The number of hydrogen-bond donors (Lipinski definition) is 1. The molecule has 31 heavy (non-hydrogen) atoms. The van der Waals surface area contributed by atoms with Crippen LogP contribution in [0.15, 0.2) is 35.0 Å². The Morgan fingerprint density at radius 2 is 1.87 bits per heavy atom. The number of anilines is 1. The number of carbonyl (C=O) groups excluding carboxylic acids is 1. The molecule has 0 unspecified atom stereocenters. The Balaban J connectivity index is 1.79. The highest BCUT2D eigenvalue weighted by Gasteiger charge is 2.22. The minimum Gasteiger partial charge on any atom is -0.490 e. The van der Waals surface area contributed by atoms with E-state index in [1.807, 2.05) is 36.7 Å². The fraction of sp³-hybridized carbons (Fsp3) is 0.333. The lowest BCUT2D eigenvalue weighted by atomic mass is 10.2. The van der Waals surface area contributed by atoms with Gasteiger partial charge in [0.1, 0.15) is 10.7 Å². The van der Waals surface area contributed by atoms with Crippen LogP contribution in [-0.2, 0) is 11.2 Å². The number of nitro groups is 1. The molecular weight excluding hydrogens is 438 g/mol. The van der Waals surface area contributed by atoms with Crippen molar-refractivity contribution in [3.05, 3.63) is 50.8 Å². The summed E-state index contributed by atoms with van der Waals surface area (Å²) in [5.41, 5.74) is 0.429.